The molecule has 0 heterocycles. The topological polar surface area (TPSA) is 91.2 Å². The molecule has 1 aromatic carbocycles. The van der Waals surface area contributed by atoms with E-state index in [2.05, 4.69) is 9.44 Å². The van der Waals surface area contributed by atoms with Gasteiger partial charge < -0.3 is 4.74 Å². The average molecular weight is 241 g/mol. The normalized spacial score (nSPS) is 10.5. The molecule has 0 aliphatic carbocycles. The van der Waals surface area contributed by atoms with Crippen LogP contribution in [0.2, 0.25) is 0 Å². The molecular formula is C9H11N3O3S. The van der Waals surface area contributed by atoms with Gasteiger partial charge >= 0.3 is 0 Å². The molecular weight excluding hydrogens is 230 g/mol. The molecule has 0 unspecified atom stereocenters. The molecule has 86 valence electrons. The number of hydrogen-bond acceptors (Lipinski definition) is 4. The first-order chi connectivity index (χ1) is 7.57. The first-order valence-electron chi connectivity index (χ1n) is 4.38. The van der Waals surface area contributed by atoms with Gasteiger partial charge in [-0.25, -0.2) is 4.72 Å². The molecule has 1 aromatic rings. The Bertz CT molecular complexity index is 476. The Balaban J connectivity index is 2.69. The summed E-state index contributed by atoms with van der Waals surface area (Å²) in [5.41, 5.74) is 0.415. The third-order valence-electron chi connectivity index (χ3n) is 1.68. The maximum Gasteiger partial charge on any atom is 0.298 e. The van der Waals surface area contributed by atoms with Crippen LogP contribution in [0, 0.1) is 11.3 Å². The van der Waals surface area contributed by atoms with E-state index in [1.807, 2.05) is 6.07 Å². The van der Waals surface area contributed by atoms with Crippen LogP contribution in [0.5, 0.6) is 5.75 Å². The molecule has 2 N–H and O–H groups in total. The van der Waals surface area contributed by atoms with Crippen molar-refractivity contribution in [1.29, 1.82) is 5.26 Å². The highest BCUT2D eigenvalue weighted by molar-refractivity contribution is 7.90. The molecule has 0 bridgehead atoms. The molecule has 6 nitrogen and oxygen atoms in total. The maximum atomic E-state index is 11.1. The summed E-state index contributed by atoms with van der Waals surface area (Å²) in [7, 11) is -2.18. The van der Waals surface area contributed by atoms with E-state index in [1.54, 1.807) is 24.3 Å². The van der Waals surface area contributed by atoms with Crippen LogP contribution in [0.3, 0.4) is 0 Å². The summed E-state index contributed by atoms with van der Waals surface area (Å²) in [6.07, 6.45) is 0. The SMILES string of the molecule is CNS(=O)(=O)Nc1ccc(OCC#N)cc1. The fourth-order valence-corrected chi connectivity index (χ4v) is 1.49. The standard InChI is InChI=1S/C9H11N3O3S/c1-11-16(13,14)12-8-2-4-9(5-3-8)15-7-6-10/h2-5,11-12H,7H2,1H3. The zero-order valence-corrected chi connectivity index (χ0v) is 9.41. The maximum absolute atomic E-state index is 11.1. The number of nitrogens with zero attached hydrogens (tertiary/aromatic N) is 1. The smallest absolute Gasteiger partial charge is 0.298 e. The van der Waals surface area contributed by atoms with Crippen LogP contribution in [0.15, 0.2) is 24.3 Å². The summed E-state index contributed by atoms with van der Waals surface area (Å²) >= 11 is 0. The van der Waals surface area contributed by atoms with Crippen molar-refractivity contribution in [3.63, 3.8) is 0 Å². The summed E-state index contributed by atoms with van der Waals surface area (Å²) in [6.45, 7) is -0.0401. The summed E-state index contributed by atoms with van der Waals surface area (Å²) in [5, 5.41) is 8.29. The van der Waals surface area contributed by atoms with Gasteiger partial charge in [0.2, 0.25) is 0 Å². The molecule has 0 aliphatic heterocycles. The number of ether oxygens (including phenoxy) is 1. The lowest BCUT2D eigenvalue weighted by atomic mass is 10.3. The van der Waals surface area contributed by atoms with Crippen LogP contribution in [0.25, 0.3) is 0 Å². The highest BCUT2D eigenvalue weighted by atomic mass is 32.2. The molecule has 0 amide bonds. The fraction of sp³-hybridized carbons (Fsp3) is 0.222. The highest BCUT2D eigenvalue weighted by Gasteiger charge is 2.05. The lowest BCUT2D eigenvalue weighted by molar-refractivity contribution is 0.368. The molecule has 0 aromatic heterocycles. The lowest BCUT2D eigenvalue weighted by Crippen LogP contribution is -2.26. The largest absolute Gasteiger partial charge is 0.479 e. The number of hydrogen-bond donors (Lipinski definition) is 2. The number of rotatable bonds is 5. The highest BCUT2D eigenvalue weighted by Crippen LogP contribution is 2.16. The Labute approximate surface area is 94.0 Å². The fourth-order valence-electron chi connectivity index (χ4n) is 0.941. The zero-order valence-electron chi connectivity index (χ0n) is 8.60. The Morgan fingerprint density at radius 1 is 1.38 bits per heavy atom. The first kappa shape index (κ1) is 12.3. The van der Waals surface area contributed by atoms with Gasteiger partial charge in [0.05, 0.1) is 0 Å². The van der Waals surface area contributed by atoms with Gasteiger partial charge in [0.15, 0.2) is 6.61 Å². The summed E-state index contributed by atoms with van der Waals surface area (Å²) < 4.78 is 31.7. The second-order valence-corrected chi connectivity index (χ2v) is 4.40. The molecule has 0 saturated heterocycles. The molecule has 0 spiro atoms. The minimum atomic E-state index is -3.50. The van der Waals surface area contributed by atoms with E-state index in [9.17, 15) is 8.42 Å². The van der Waals surface area contributed by atoms with Crippen molar-refractivity contribution in [2.24, 2.45) is 0 Å². The zero-order chi connectivity index (χ0) is 12.0. The summed E-state index contributed by atoms with van der Waals surface area (Å²) in [5.74, 6) is 0.508. The van der Waals surface area contributed by atoms with E-state index < -0.39 is 10.2 Å². The summed E-state index contributed by atoms with van der Waals surface area (Å²) in [6, 6.07) is 8.07. The van der Waals surface area contributed by atoms with Crippen molar-refractivity contribution >= 4 is 15.9 Å². The molecule has 0 atom stereocenters. The summed E-state index contributed by atoms with van der Waals surface area (Å²) in [4.78, 5) is 0. The van der Waals surface area contributed by atoms with Crippen LogP contribution in [0.4, 0.5) is 5.69 Å². The minimum Gasteiger partial charge on any atom is -0.479 e. The lowest BCUT2D eigenvalue weighted by Gasteiger charge is -2.07. The molecule has 7 heteroatoms. The van der Waals surface area contributed by atoms with Crippen molar-refractivity contribution in [3.05, 3.63) is 24.3 Å². The van der Waals surface area contributed by atoms with Crippen molar-refractivity contribution in [3.8, 4) is 11.8 Å². The van der Waals surface area contributed by atoms with E-state index >= 15 is 0 Å². The van der Waals surface area contributed by atoms with E-state index in [1.165, 1.54) is 7.05 Å². The number of benzene rings is 1. The van der Waals surface area contributed by atoms with Crippen LogP contribution in [-0.4, -0.2) is 22.1 Å². The van der Waals surface area contributed by atoms with Gasteiger partial charge in [-0.1, -0.05) is 0 Å². The number of anilines is 1. The van der Waals surface area contributed by atoms with Crippen molar-refractivity contribution in [1.82, 2.24) is 4.72 Å². The van der Waals surface area contributed by atoms with E-state index in [0.29, 0.717) is 11.4 Å². The predicted octanol–water partition coefficient (Wildman–Crippen LogP) is 0.465. The third-order valence-corrected chi connectivity index (χ3v) is 2.72. The van der Waals surface area contributed by atoms with E-state index in [0.717, 1.165) is 0 Å². The molecule has 0 radical (unpaired) electrons. The molecule has 0 aliphatic rings. The molecule has 0 fully saturated rings. The first-order valence-corrected chi connectivity index (χ1v) is 5.87. The van der Waals surface area contributed by atoms with Crippen LogP contribution in [0.1, 0.15) is 0 Å². The van der Waals surface area contributed by atoms with Gasteiger partial charge in [0, 0.05) is 12.7 Å². The van der Waals surface area contributed by atoms with Gasteiger partial charge in [0.1, 0.15) is 11.8 Å². The van der Waals surface area contributed by atoms with Crippen molar-refractivity contribution in [2.45, 2.75) is 0 Å². The quantitative estimate of drug-likeness (QED) is 0.783. The van der Waals surface area contributed by atoms with Crippen LogP contribution < -0.4 is 14.2 Å². The van der Waals surface area contributed by atoms with Crippen molar-refractivity contribution in [2.75, 3.05) is 18.4 Å². The predicted molar refractivity (Wildman–Crippen MR) is 59.2 cm³/mol. The minimum absolute atomic E-state index is 0.0401. The number of nitrogens with one attached hydrogen (secondary N) is 2. The Kier molecular flexibility index (Phi) is 4.10. The number of nitriles is 1. The second kappa shape index (κ2) is 5.34. The van der Waals surface area contributed by atoms with Gasteiger partial charge in [0.25, 0.3) is 10.2 Å². The average Bonchev–Trinajstić information content (AvgIpc) is 2.28. The van der Waals surface area contributed by atoms with Gasteiger partial charge in [-0.3, -0.25) is 4.72 Å². The Morgan fingerprint density at radius 2 is 2.00 bits per heavy atom. The van der Waals surface area contributed by atoms with Gasteiger partial charge in [-0.2, -0.15) is 13.7 Å². The molecule has 1 rings (SSSR count). The van der Waals surface area contributed by atoms with Gasteiger partial charge in [-0.05, 0) is 24.3 Å². The van der Waals surface area contributed by atoms with Crippen LogP contribution >= 0.6 is 0 Å². The van der Waals surface area contributed by atoms with Gasteiger partial charge in [-0.15, -0.1) is 0 Å². The second-order valence-electron chi connectivity index (χ2n) is 2.78. The third kappa shape index (κ3) is 3.76. The monoisotopic (exact) mass is 241 g/mol. The molecule has 0 saturated carbocycles. The van der Waals surface area contributed by atoms with Crippen molar-refractivity contribution < 1.29 is 13.2 Å². The Morgan fingerprint density at radius 3 is 2.50 bits per heavy atom. The Hall–Kier alpha value is -1.78. The van der Waals surface area contributed by atoms with E-state index in [4.69, 9.17) is 10.00 Å². The molecule has 16 heavy (non-hydrogen) atoms. The van der Waals surface area contributed by atoms with Crippen LogP contribution in [-0.2, 0) is 10.2 Å². The van der Waals surface area contributed by atoms with E-state index in [-0.39, 0.29) is 6.61 Å².